The number of carbonyl (C=O) groups is 1. The molecular formula is C17H27NO2. The Labute approximate surface area is 122 Å². The van der Waals surface area contributed by atoms with Gasteiger partial charge in [-0.1, -0.05) is 0 Å². The van der Waals surface area contributed by atoms with E-state index >= 15 is 0 Å². The van der Waals surface area contributed by atoms with Crippen LogP contribution in [0.4, 0.5) is 0 Å². The Hall–Kier alpha value is -0.570. The van der Waals surface area contributed by atoms with E-state index in [9.17, 15) is 4.79 Å². The Kier molecular flexibility index (Phi) is 2.93. The van der Waals surface area contributed by atoms with Crippen LogP contribution in [0.1, 0.15) is 51.9 Å². The summed E-state index contributed by atoms with van der Waals surface area (Å²) in [6.07, 6.45) is 9.71. The highest BCUT2D eigenvalue weighted by molar-refractivity contribution is 5.77. The Balaban J connectivity index is 1.47. The minimum absolute atomic E-state index is 0.00438. The van der Waals surface area contributed by atoms with Crippen molar-refractivity contribution in [2.24, 2.45) is 23.2 Å². The largest absolute Gasteiger partial charge is 0.461 e. The number of cyclic esters (lactones) is 1. The van der Waals surface area contributed by atoms with Crippen molar-refractivity contribution in [1.82, 2.24) is 4.90 Å². The van der Waals surface area contributed by atoms with Crippen LogP contribution in [0.15, 0.2) is 0 Å². The van der Waals surface area contributed by atoms with Gasteiger partial charge in [0, 0.05) is 13.0 Å². The molecule has 4 saturated carbocycles. The molecule has 0 amide bonds. The van der Waals surface area contributed by atoms with Gasteiger partial charge in [-0.05, 0) is 75.7 Å². The molecule has 0 radical (unpaired) electrons. The molecule has 3 nitrogen and oxygen atoms in total. The molecule has 5 fully saturated rings. The van der Waals surface area contributed by atoms with E-state index in [0.717, 1.165) is 30.7 Å². The molecule has 0 aromatic heterocycles. The maximum atomic E-state index is 11.9. The number of nitrogens with zero attached hydrogens (tertiary/aromatic N) is 1. The predicted octanol–water partition coefficient (Wildman–Crippen LogP) is 2.84. The Bertz CT molecular complexity index is 384. The van der Waals surface area contributed by atoms with E-state index in [1.54, 1.807) is 0 Å². The third kappa shape index (κ3) is 2.09. The van der Waals surface area contributed by atoms with Crippen LogP contribution < -0.4 is 0 Å². The van der Waals surface area contributed by atoms with Crippen molar-refractivity contribution in [3.05, 3.63) is 0 Å². The van der Waals surface area contributed by atoms with Gasteiger partial charge >= 0.3 is 5.97 Å². The van der Waals surface area contributed by atoms with Crippen LogP contribution in [-0.2, 0) is 9.53 Å². The maximum Gasteiger partial charge on any atom is 0.323 e. The number of rotatable bonds is 3. The fraction of sp³-hybridized carbons (Fsp3) is 0.941. The van der Waals surface area contributed by atoms with Crippen LogP contribution in [-0.4, -0.2) is 36.6 Å². The van der Waals surface area contributed by atoms with Gasteiger partial charge in [-0.2, -0.15) is 0 Å². The third-order valence-corrected chi connectivity index (χ3v) is 6.43. The average molecular weight is 277 g/mol. The molecule has 0 unspecified atom stereocenters. The van der Waals surface area contributed by atoms with Crippen molar-refractivity contribution in [3.63, 3.8) is 0 Å². The minimum atomic E-state index is 0.00438. The SMILES string of the molecule is C[C@H]1C[C@@H](N(C)CC23CC4CC(CC(C4)C2)C3)C(=O)O1. The second kappa shape index (κ2) is 4.46. The normalized spacial score (nSPS) is 50.0. The molecule has 1 saturated heterocycles. The summed E-state index contributed by atoms with van der Waals surface area (Å²) in [5.41, 5.74) is 0.523. The van der Waals surface area contributed by atoms with E-state index in [-0.39, 0.29) is 18.1 Å². The summed E-state index contributed by atoms with van der Waals surface area (Å²) in [5, 5.41) is 0. The van der Waals surface area contributed by atoms with Crippen LogP contribution in [0.5, 0.6) is 0 Å². The third-order valence-electron chi connectivity index (χ3n) is 6.43. The highest BCUT2D eigenvalue weighted by Crippen LogP contribution is 2.60. The highest BCUT2D eigenvalue weighted by atomic mass is 16.6. The topological polar surface area (TPSA) is 29.5 Å². The van der Waals surface area contributed by atoms with Gasteiger partial charge in [0.25, 0.3) is 0 Å². The highest BCUT2D eigenvalue weighted by Gasteiger charge is 2.52. The molecule has 5 aliphatic rings. The zero-order valence-corrected chi connectivity index (χ0v) is 12.8. The van der Waals surface area contributed by atoms with Gasteiger partial charge in [0.05, 0.1) is 0 Å². The molecule has 112 valence electrons. The quantitative estimate of drug-likeness (QED) is 0.743. The first-order chi connectivity index (χ1) is 9.53. The number of likely N-dealkylation sites (N-methyl/N-ethyl adjacent to an activating group) is 1. The molecule has 0 spiro atoms. The van der Waals surface area contributed by atoms with Crippen molar-refractivity contribution >= 4 is 5.97 Å². The molecule has 2 atom stereocenters. The van der Waals surface area contributed by atoms with Gasteiger partial charge in [0.15, 0.2) is 0 Å². The summed E-state index contributed by atoms with van der Waals surface area (Å²) in [6, 6.07) is 0.0120. The van der Waals surface area contributed by atoms with Gasteiger partial charge in [0.2, 0.25) is 0 Å². The molecule has 3 heteroatoms. The fourth-order valence-corrected chi connectivity index (χ4v) is 6.22. The summed E-state index contributed by atoms with van der Waals surface area (Å²) in [4.78, 5) is 14.3. The molecule has 20 heavy (non-hydrogen) atoms. The molecule has 4 bridgehead atoms. The van der Waals surface area contributed by atoms with E-state index in [2.05, 4.69) is 11.9 Å². The van der Waals surface area contributed by atoms with Gasteiger partial charge in [-0.25, -0.2) is 0 Å². The van der Waals surface area contributed by atoms with Crippen molar-refractivity contribution in [2.45, 2.75) is 64.0 Å². The lowest BCUT2D eigenvalue weighted by Gasteiger charge is -2.58. The van der Waals surface area contributed by atoms with Crippen molar-refractivity contribution in [1.29, 1.82) is 0 Å². The number of hydrogen-bond acceptors (Lipinski definition) is 3. The second-order valence-corrected chi connectivity index (χ2v) is 8.33. The molecule has 1 heterocycles. The number of ether oxygens (including phenoxy) is 1. The Morgan fingerprint density at radius 1 is 1.10 bits per heavy atom. The predicted molar refractivity (Wildman–Crippen MR) is 77.2 cm³/mol. The van der Waals surface area contributed by atoms with Gasteiger partial charge in [-0.3, -0.25) is 9.69 Å². The first-order valence-electron chi connectivity index (χ1n) is 8.44. The molecule has 4 aliphatic carbocycles. The van der Waals surface area contributed by atoms with Crippen LogP contribution >= 0.6 is 0 Å². The van der Waals surface area contributed by atoms with E-state index in [1.165, 1.54) is 38.5 Å². The maximum absolute atomic E-state index is 11.9. The lowest BCUT2D eigenvalue weighted by atomic mass is 9.49. The smallest absolute Gasteiger partial charge is 0.323 e. The fourth-order valence-electron chi connectivity index (χ4n) is 6.22. The Morgan fingerprint density at radius 2 is 1.65 bits per heavy atom. The monoisotopic (exact) mass is 277 g/mol. The summed E-state index contributed by atoms with van der Waals surface area (Å²) < 4.78 is 5.34. The van der Waals surface area contributed by atoms with Crippen LogP contribution in [0.2, 0.25) is 0 Å². The van der Waals surface area contributed by atoms with E-state index in [0.29, 0.717) is 5.41 Å². The first-order valence-corrected chi connectivity index (χ1v) is 8.44. The average Bonchev–Trinajstić information content (AvgIpc) is 2.66. The molecule has 0 aromatic rings. The molecule has 1 aliphatic heterocycles. The van der Waals surface area contributed by atoms with Crippen molar-refractivity contribution in [2.75, 3.05) is 13.6 Å². The summed E-state index contributed by atoms with van der Waals surface area (Å²) in [6.45, 7) is 3.12. The van der Waals surface area contributed by atoms with Gasteiger partial charge < -0.3 is 4.74 Å². The van der Waals surface area contributed by atoms with Gasteiger partial charge in [-0.15, -0.1) is 0 Å². The van der Waals surface area contributed by atoms with Crippen LogP contribution in [0.3, 0.4) is 0 Å². The number of hydrogen-bond donors (Lipinski definition) is 0. The second-order valence-electron chi connectivity index (χ2n) is 8.33. The zero-order chi connectivity index (χ0) is 13.9. The van der Waals surface area contributed by atoms with E-state index in [4.69, 9.17) is 4.74 Å². The lowest BCUT2D eigenvalue weighted by molar-refractivity contribution is -0.145. The van der Waals surface area contributed by atoms with Crippen molar-refractivity contribution < 1.29 is 9.53 Å². The summed E-state index contributed by atoms with van der Waals surface area (Å²) in [5.74, 6) is 2.97. The molecular weight excluding hydrogens is 250 g/mol. The Morgan fingerprint density at radius 3 is 2.10 bits per heavy atom. The lowest BCUT2D eigenvalue weighted by Crippen LogP contribution is -2.52. The molecule has 5 rings (SSSR count). The number of carbonyl (C=O) groups excluding carboxylic acids is 1. The standard InChI is InChI=1S/C17H27NO2/c1-11-3-15(16(19)20-11)18(2)10-17-7-12-4-13(8-17)6-14(5-12)9-17/h11-15H,3-10H2,1-2H3/t11-,12?,13?,14?,15+,17?/m0/s1. The first kappa shape index (κ1) is 13.1. The van der Waals surface area contributed by atoms with Crippen LogP contribution in [0.25, 0.3) is 0 Å². The number of esters is 1. The van der Waals surface area contributed by atoms with E-state index < -0.39 is 0 Å². The van der Waals surface area contributed by atoms with Crippen LogP contribution in [0, 0.1) is 23.2 Å². The minimum Gasteiger partial charge on any atom is -0.461 e. The molecule has 0 aromatic carbocycles. The van der Waals surface area contributed by atoms with E-state index in [1.807, 2.05) is 6.92 Å². The summed E-state index contributed by atoms with van der Waals surface area (Å²) >= 11 is 0. The van der Waals surface area contributed by atoms with Crippen molar-refractivity contribution in [3.8, 4) is 0 Å². The zero-order valence-electron chi connectivity index (χ0n) is 12.8. The van der Waals surface area contributed by atoms with Gasteiger partial charge in [0.1, 0.15) is 12.1 Å². The molecule has 0 N–H and O–H groups in total. The summed E-state index contributed by atoms with van der Waals surface area (Å²) in [7, 11) is 2.14.